The first-order valence-electron chi connectivity index (χ1n) is 6.06. The van der Waals surface area contributed by atoms with Gasteiger partial charge < -0.3 is 15.2 Å². The zero-order valence-electron chi connectivity index (χ0n) is 11.2. The number of rotatable bonds is 3. The van der Waals surface area contributed by atoms with Crippen molar-refractivity contribution in [3.05, 3.63) is 36.4 Å². The highest BCUT2D eigenvalue weighted by Gasteiger charge is 2.12. The van der Waals surface area contributed by atoms with Gasteiger partial charge in [-0.2, -0.15) is 4.98 Å². The number of hydrogen-bond acceptors (Lipinski definition) is 5. The molecule has 0 atom stereocenters. The van der Waals surface area contributed by atoms with Gasteiger partial charge in [-0.05, 0) is 36.4 Å². The Kier molecular flexibility index (Phi) is 2.90. The first-order valence-corrected chi connectivity index (χ1v) is 6.06. The summed E-state index contributed by atoms with van der Waals surface area (Å²) < 4.78 is 12.1. The van der Waals surface area contributed by atoms with Crippen LogP contribution in [0.1, 0.15) is 0 Å². The third-order valence-electron chi connectivity index (χ3n) is 3.07. The summed E-state index contributed by atoms with van der Waals surface area (Å²) in [5.74, 6) is 1.65. The van der Waals surface area contributed by atoms with Gasteiger partial charge in [-0.3, -0.25) is 0 Å². The van der Waals surface area contributed by atoms with Crippen molar-refractivity contribution in [2.75, 3.05) is 20.0 Å². The van der Waals surface area contributed by atoms with Crippen molar-refractivity contribution in [2.24, 2.45) is 0 Å². The van der Waals surface area contributed by atoms with E-state index >= 15 is 0 Å². The summed E-state index contributed by atoms with van der Waals surface area (Å²) in [6.07, 6.45) is 0. The lowest BCUT2D eigenvalue weighted by Gasteiger charge is -2.08. The Morgan fingerprint density at radius 3 is 2.40 bits per heavy atom. The molecule has 2 aromatic heterocycles. The molecule has 6 nitrogen and oxygen atoms in total. The zero-order valence-corrected chi connectivity index (χ0v) is 11.2. The van der Waals surface area contributed by atoms with Gasteiger partial charge in [0.1, 0.15) is 5.75 Å². The molecule has 0 unspecified atom stereocenters. The molecule has 2 heterocycles. The topological polar surface area (TPSA) is 74.7 Å². The molecule has 2 N–H and O–H groups in total. The smallest absolute Gasteiger partial charge is 0.240 e. The van der Waals surface area contributed by atoms with Crippen LogP contribution in [0.25, 0.3) is 16.9 Å². The van der Waals surface area contributed by atoms with Crippen LogP contribution in [0.4, 0.5) is 5.95 Å². The van der Waals surface area contributed by atoms with Crippen LogP contribution >= 0.6 is 0 Å². The molecule has 0 saturated heterocycles. The monoisotopic (exact) mass is 270 g/mol. The fourth-order valence-electron chi connectivity index (χ4n) is 2.09. The molecule has 20 heavy (non-hydrogen) atoms. The number of hydrogen-bond donors (Lipinski definition) is 1. The molecule has 0 bridgehead atoms. The fraction of sp³-hybridized carbons (Fsp3) is 0.143. The van der Waals surface area contributed by atoms with Crippen LogP contribution < -0.4 is 15.2 Å². The molecule has 0 fully saturated rings. The highest BCUT2D eigenvalue weighted by molar-refractivity contribution is 5.68. The molecule has 0 saturated carbocycles. The SMILES string of the molecule is COc1ccc(-c2ccc(OC)c3nc(N)nn23)cc1. The quantitative estimate of drug-likeness (QED) is 0.787. The molecular weight excluding hydrogens is 256 g/mol. The number of methoxy groups -OCH3 is 2. The van der Waals surface area contributed by atoms with E-state index < -0.39 is 0 Å². The highest BCUT2D eigenvalue weighted by atomic mass is 16.5. The van der Waals surface area contributed by atoms with E-state index in [1.165, 1.54) is 0 Å². The second kappa shape index (κ2) is 4.73. The second-order valence-corrected chi connectivity index (χ2v) is 4.22. The van der Waals surface area contributed by atoms with Crippen molar-refractivity contribution in [3.63, 3.8) is 0 Å². The lowest BCUT2D eigenvalue weighted by atomic mass is 10.1. The van der Waals surface area contributed by atoms with E-state index in [9.17, 15) is 0 Å². The summed E-state index contributed by atoms with van der Waals surface area (Å²) in [5.41, 5.74) is 8.16. The maximum atomic E-state index is 5.69. The maximum Gasteiger partial charge on any atom is 0.240 e. The molecule has 1 aromatic carbocycles. The van der Waals surface area contributed by atoms with Crippen LogP contribution in [0.5, 0.6) is 11.5 Å². The van der Waals surface area contributed by atoms with Gasteiger partial charge in [-0.25, -0.2) is 4.52 Å². The number of benzene rings is 1. The third kappa shape index (κ3) is 1.91. The Bertz CT molecular complexity index is 750. The summed E-state index contributed by atoms with van der Waals surface area (Å²) in [4.78, 5) is 4.18. The minimum atomic E-state index is 0.212. The van der Waals surface area contributed by atoms with Crippen LogP contribution in [-0.2, 0) is 0 Å². The van der Waals surface area contributed by atoms with E-state index in [1.54, 1.807) is 18.7 Å². The Balaban J connectivity index is 2.20. The minimum absolute atomic E-state index is 0.212. The standard InChI is InChI=1S/C14H14N4O2/c1-19-10-5-3-9(4-6-10)11-7-8-12(20-2)13-16-14(15)17-18(11)13/h3-8H,1-2H3,(H2,15,17). The first-order chi connectivity index (χ1) is 9.72. The lowest BCUT2D eigenvalue weighted by molar-refractivity contribution is 0.415. The summed E-state index contributed by atoms with van der Waals surface area (Å²) in [6, 6.07) is 11.5. The second-order valence-electron chi connectivity index (χ2n) is 4.22. The van der Waals surface area contributed by atoms with E-state index in [0.29, 0.717) is 11.4 Å². The number of fused-ring (bicyclic) bond motifs is 1. The first kappa shape index (κ1) is 12.3. The number of anilines is 1. The van der Waals surface area contributed by atoms with Gasteiger partial charge >= 0.3 is 0 Å². The Hall–Kier alpha value is -2.76. The minimum Gasteiger partial charge on any atom is -0.497 e. The van der Waals surface area contributed by atoms with Crippen molar-refractivity contribution in [2.45, 2.75) is 0 Å². The average molecular weight is 270 g/mol. The van der Waals surface area contributed by atoms with Crippen molar-refractivity contribution >= 4 is 11.6 Å². The normalized spacial score (nSPS) is 10.7. The molecule has 6 heteroatoms. The van der Waals surface area contributed by atoms with Gasteiger partial charge in [0.2, 0.25) is 5.95 Å². The fourth-order valence-corrected chi connectivity index (χ4v) is 2.09. The largest absolute Gasteiger partial charge is 0.497 e. The Morgan fingerprint density at radius 1 is 1.00 bits per heavy atom. The summed E-state index contributed by atoms with van der Waals surface area (Å²) in [5, 5.41) is 4.21. The maximum absolute atomic E-state index is 5.69. The number of nitrogens with zero attached hydrogens (tertiary/aromatic N) is 3. The molecule has 3 rings (SSSR count). The van der Waals surface area contributed by atoms with Crippen LogP contribution in [0.3, 0.4) is 0 Å². The van der Waals surface area contributed by atoms with Crippen molar-refractivity contribution in [1.29, 1.82) is 0 Å². The summed E-state index contributed by atoms with van der Waals surface area (Å²) in [7, 11) is 3.23. The molecule has 0 aliphatic rings. The van der Waals surface area contributed by atoms with E-state index in [1.807, 2.05) is 36.4 Å². The predicted octanol–water partition coefficient (Wildman–Crippen LogP) is 2.00. The number of aromatic nitrogens is 3. The zero-order chi connectivity index (χ0) is 14.1. The molecule has 0 aliphatic carbocycles. The highest BCUT2D eigenvalue weighted by Crippen LogP contribution is 2.27. The molecule has 0 aliphatic heterocycles. The van der Waals surface area contributed by atoms with E-state index in [-0.39, 0.29) is 5.95 Å². The van der Waals surface area contributed by atoms with Crippen LogP contribution in [0.15, 0.2) is 36.4 Å². The van der Waals surface area contributed by atoms with Gasteiger partial charge in [-0.1, -0.05) is 0 Å². The van der Waals surface area contributed by atoms with Crippen molar-refractivity contribution in [3.8, 4) is 22.8 Å². The van der Waals surface area contributed by atoms with Gasteiger partial charge in [-0.15, -0.1) is 5.10 Å². The average Bonchev–Trinajstić information content (AvgIpc) is 2.87. The van der Waals surface area contributed by atoms with Crippen LogP contribution in [0.2, 0.25) is 0 Å². The Labute approximate surface area is 115 Å². The molecule has 0 spiro atoms. The number of pyridine rings is 1. The number of nitrogens with two attached hydrogens (primary N) is 1. The van der Waals surface area contributed by atoms with Crippen LogP contribution in [-0.4, -0.2) is 28.8 Å². The summed E-state index contributed by atoms with van der Waals surface area (Å²) >= 11 is 0. The Morgan fingerprint density at radius 2 is 1.75 bits per heavy atom. The van der Waals surface area contributed by atoms with Crippen molar-refractivity contribution < 1.29 is 9.47 Å². The molecule has 0 radical (unpaired) electrons. The van der Waals surface area contributed by atoms with Gasteiger partial charge in [0, 0.05) is 5.56 Å². The molecule has 0 amide bonds. The molecule has 102 valence electrons. The van der Waals surface area contributed by atoms with Crippen LogP contribution in [0, 0.1) is 0 Å². The number of ether oxygens (including phenoxy) is 2. The molecule has 3 aromatic rings. The lowest BCUT2D eigenvalue weighted by Crippen LogP contribution is -1.97. The van der Waals surface area contributed by atoms with Gasteiger partial charge in [0.25, 0.3) is 0 Å². The van der Waals surface area contributed by atoms with E-state index in [2.05, 4.69) is 10.1 Å². The predicted molar refractivity (Wildman–Crippen MR) is 75.9 cm³/mol. The number of nitrogen functional groups attached to an aromatic ring is 1. The van der Waals surface area contributed by atoms with Gasteiger partial charge in [0.05, 0.1) is 19.9 Å². The van der Waals surface area contributed by atoms with E-state index in [0.717, 1.165) is 17.0 Å². The summed E-state index contributed by atoms with van der Waals surface area (Å²) in [6.45, 7) is 0. The van der Waals surface area contributed by atoms with Crippen molar-refractivity contribution in [1.82, 2.24) is 14.6 Å². The third-order valence-corrected chi connectivity index (χ3v) is 3.07. The van der Waals surface area contributed by atoms with Gasteiger partial charge in [0.15, 0.2) is 11.4 Å². The molecular formula is C14H14N4O2. The van der Waals surface area contributed by atoms with E-state index in [4.69, 9.17) is 15.2 Å².